The molecule has 3 rings (SSSR count). The Bertz CT molecular complexity index is 873. The van der Waals surface area contributed by atoms with Crippen LogP contribution in [0.2, 0.25) is 0 Å². The van der Waals surface area contributed by atoms with Crippen molar-refractivity contribution in [1.29, 1.82) is 5.26 Å². The van der Waals surface area contributed by atoms with Gasteiger partial charge in [-0.1, -0.05) is 18.2 Å². The number of nitriles is 1. The Labute approximate surface area is 152 Å². The monoisotopic (exact) mass is 349 g/mol. The van der Waals surface area contributed by atoms with Crippen molar-refractivity contribution < 1.29 is 14.3 Å². The fourth-order valence-corrected chi connectivity index (χ4v) is 2.85. The smallest absolute Gasteiger partial charge is 0.265 e. The normalized spacial score (nSPS) is 14.6. The Balaban J connectivity index is 1.71. The molecule has 1 atom stereocenters. The van der Waals surface area contributed by atoms with Gasteiger partial charge in [0.1, 0.15) is 5.75 Å². The van der Waals surface area contributed by atoms with Crippen LogP contribution in [-0.2, 0) is 9.59 Å². The van der Waals surface area contributed by atoms with Crippen molar-refractivity contribution in [2.45, 2.75) is 25.9 Å². The molecule has 0 spiro atoms. The summed E-state index contributed by atoms with van der Waals surface area (Å²) in [5.41, 5.74) is 1.74. The third-order valence-corrected chi connectivity index (χ3v) is 4.17. The highest BCUT2D eigenvalue weighted by Crippen LogP contribution is 2.29. The summed E-state index contributed by atoms with van der Waals surface area (Å²) in [6, 6.07) is 15.9. The number of amides is 2. The van der Waals surface area contributed by atoms with Gasteiger partial charge in [0.25, 0.3) is 5.91 Å². The molecule has 1 saturated heterocycles. The van der Waals surface area contributed by atoms with Crippen molar-refractivity contribution in [2.24, 2.45) is 0 Å². The van der Waals surface area contributed by atoms with E-state index in [4.69, 9.17) is 10.00 Å². The lowest BCUT2D eigenvalue weighted by Crippen LogP contribution is -2.31. The van der Waals surface area contributed by atoms with E-state index in [1.54, 1.807) is 42.2 Å². The van der Waals surface area contributed by atoms with Gasteiger partial charge in [-0.2, -0.15) is 5.26 Å². The summed E-state index contributed by atoms with van der Waals surface area (Å²) in [5.74, 6) is 0.186. The first kappa shape index (κ1) is 17.5. The minimum Gasteiger partial charge on any atom is -0.481 e. The summed E-state index contributed by atoms with van der Waals surface area (Å²) in [6.07, 6.45) is 0.582. The van der Waals surface area contributed by atoms with Gasteiger partial charge in [0.05, 0.1) is 23.0 Å². The van der Waals surface area contributed by atoms with Gasteiger partial charge >= 0.3 is 0 Å². The maximum Gasteiger partial charge on any atom is 0.265 e. The SMILES string of the molecule is CC(Oc1cccc(C#N)c1)C(=O)Nc1ccccc1N1CCCC1=O. The number of carbonyl (C=O) groups excluding carboxylic acids is 2. The number of rotatable bonds is 5. The van der Waals surface area contributed by atoms with Gasteiger partial charge in [-0.25, -0.2) is 0 Å². The largest absolute Gasteiger partial charge is 0.481 e. The summed E-state index contributed by atoms with van der Waals surface area (Å²) in [4.78, 5) is 26.2. The average molecular weight is 349 g/mol. The zero-order valence-corrected chi connectivity index (χ0v) is 14.4. The van der Waals surface area contributed by atoms with Crippen molar-refractivity contribution in [3.63, 3.8) is 0 Å². The first-order chi connectivity index (χ1) is 12.6. The van der Waals surface area contributed by atoms with Gasteiger partial charge in [0.2, 0.25) is 5.91 Å². The second-order valence-electron chi connectivity index (χ2n) is 6.06. The molecule has 1 unspecified atom stereocenters. The number of nitrogens with one attached hydrogen (secondary N) is 1. The molecule has 0 radical (unpaired) electrons. The highest BCUT2D eigenvalue weighted by atomic mass is 16.5. The van der Waals surface area contributed by atoms with E-state index in [0.717, 1.165) is 6.42 Å². The van der Waals surface area contributed by atoms with E-state index < -0.39 is 6.10 Å². The highest BCUT2D eigenvalue weighted by molar-refractivity contribution is 6.03. The van der Waals surface area contributed by atoms with Crippen LogP contribution < -0.4 is 15.0 Å². The van der Waals surface area contributed by atoms with Crippen LogP contribution in [0.4, 0.5) is 11.4 Å². The van der Waals surface area contributed by atoms with Crippen molar-refractivity contribution in [1.82, 2.24) is 0 Å². The topological polar surface area (TPSA) is 82.4 Å². The summed E-state index contributed by atoms with van der Waals surface area (Å²) in [6.45, 7) is 2.29. The molecule has 6 nitrogen and oxygen atoms in total. The fraction of sp³-hybridized carbons (Fsp3) is 0.250. The lowest BCUT2D eigenvalue weighted by atomic mass is 10.2. The second-order valence-corrected chi connectivity index (χ2v) is 6.06. The minimum atomic E-state index is -0.758. The molecule has 0 aliphatic carbocycles. The molecule has 26 heavy (non-hydrogen) atoms. The number of para-hydroxylation sites is 2. The first-order valence-corrected chi connectivity index (χ1v) is 8.45. The molecule has 2 aromatic rings. The number of nitrogens with zero attached hydrogens (tertiary/aromatic N) is 2. The number of hydrogen-bond donors (Lipinski definition) is 1. The van der Waals surface area contributed by atoms with Gasteiger partial charge in [-0.3, -0.25) is 9.59 Å². The lowest BCUT2D eigenvalue weighted by molar-refractivity contribution is -0.122. The number of benzene rings is 2. The summed E-state index contributed by atoms with van der Waals surface area (Å²) < 4.78 is 5.63. The quantitative estimate of drug-likeness (QED) is 0.899. The number of anilines is 2. The van der Waals surface area contributed by atoms with Gasteiger partial charge in [-0.15, -0.1) is 0 Å². The van der Waals surface area contributed by atoms with E-state index >= 15 is 0 Å². The molecule has 132 valence electrons. The lowest BCUT2D eigenvalue weighted by Gasteiger charge is -2.21. The third kappa shape index (κ3) is 3.83. The Morgan fingerprint density at radius 2 is 2.08 bits per heavy atom. The number of ether oxygens (including phenoxy) is 1. The average Bonchev–Trinajstić information content (AvgIpc) is 3.08. The van der Waals surface area contributed by atoms with Gasteiger partial charge in [0.15, 0.2) is 6.10 Å². The van der Waals surface area contributed by atoms with E-state index in [9.17, 15) is 9.59 Å². The van der Waals surface area contributed by atoms with Crippen molar-refractivity contribution in [3.8, 4) is 11.8 Å². The minimum absolute atomic E-state index is 0.0596. The Morgan fingerprint density at radius 1 is 1.27 bits per heavy atom. The number of carbonyl (C=O) groups is 2. The van der Waals surface area contributed by atoms with Crippen LogP contribution in [0, 0.1) is 11.3 Å². The van der Waals surface area contributed by atoms with Crippen LogP contribution in [0.25, 0.3) is 0 Å². The molecule has 1 N–H and O–H groups in total. The van der Waals surface area contributed by atoms with Crippen molar-refractivity contribution in [3.05, 3.63) is 54.1 Å². The van der Waals surface area contributed by atoms with E-state index in [1.807, 2.05) is 24.3 Å². The molecule has 0 bridgehead atoms. The van der Waals surface area contributed by atoms with E-state index in [2.05, 4.69) is 5.32 Å². The Hall–Kier alpha value is -3.33. The Kier molecular flexibility index (Phi) is 5.18. The zero-order valence-electron chi connectivity index (χ0n) is 14.4. The van der Waals surface area contributed by atoms with Gasteiger partial charge in [-0.05, 0) is 43.7 Å². The maximum atomic E-state index is 12.5. The fourth-order valence-electron chi connectivity index (χ4n) is 2.85. The standard InChI is InChI=1S/C20H19N3O3/c1-14(26-16-7-4-6-15(12-16)13-21)20(25)22-17-8-2-3-9-18(17)23-11-5-10-19(23)24/h2-4,6-9,12,14H,5,10-11H2,1H3,(H,22,25). The molecule has 2 aromatic carbocycles. The highest BCUT2D eigenvalue weighted by Gasteiger charge is 2.25. The summed E-state index contributed by atoms with van der Waals surface area (Å²) in [5, 5.41) is 11.8. The molecule has 1 heterocycles. The van der Waals surface area contributed by atoms with E-state index in [-0.39, 0.29) is 11.8 Å². The van der Waals surface area contributed by atoms with E-state index in [1.165, 1.54) is 0 Å². The maximum absolute atomic E-state index is 12.5. The molecule has 1 aliphatic rings. The summed E-state index contributed by atoms with van der Waals surface area (Å²) in [7, 11) is 0. The van der Waals surface area contributed by atoms with Crippen LogP contribution in [0.3, 0.4) is 0 Å². The van der Waals surface area contributed by atoms with Crippen molar-refractivity contribution >= 4 is 23.2 Å². The van der Waals surface area contributed by atoms with Crippen LogP contribution in [0.15, 0.2) is 48.5 Å². The van der Waals surface area contributed by atoms with Crippen molar-refractivity contribution in [2.75, 3.05) is 16.8 Å². The molecule has 6 heteroatoms. The molecule has 1 aliphatic heterocycles. The zero-order chi connectivity index (χ0) is 18.5. The van der Waals surface area contributed by atoms with Gasteiger partial charge in [0, 0.05) is 13.0 Å². The molecular weight excluding hydrogens is 330 g/mol. The predicted molar refractivity (Wildman–Crippen MR) is 97.9 cm³/mol. The third-order valence-electron chi connectivity index (χ3n) is 4.17. The van der Waals surface area contributed by atoms with E-state index in [0.29, 0.717) is 35.7 Å². The second kappa shape index (κ2) is 7.70. The van der Waals surface area contributed by atoms with Crippen LogP contribution >= 0.6 is 0 Å². The number of hydrogen-bond acceptors (Lipinski definition) is 4. The molecule has 0 aromatic heterocycles. The predicted octanol–water partition coefficient (Wildman–Crippen LogP) is 3.09. The molecular formula is C20H19N3O3. The molecule has 0 saturated carbocycles. The molecule has 1 fully saturated rings. The Morgan fingerprint density at radius 3 is 2.81 bits per heavy atom. The molecule has 2 amide bonds. The first-order valence-electron chi connectivity index (χ1n) is 8.45. The van der Waals surface area contributed by atoms with Crippen LogP contribution in [0.5, 0.6) is 5.75 Å². The van der Waals surface area contributed by atoms with Gasteiger partial charge < -0.3 is 15.0 Å². The summed E-state index contributed by atoms with van der Waals surface area (Å²) >= 11 is 0. The van der Waals surface area contributed by atoms with Crippen LogP contribution in [0.1, 0.15) is 25.3 Å². The van der Waals surface area contributed by atoms with Crippen LogP contribution in [-0.4, -0.2) is 24.5 Å².